The summed E-state index contributed by atoms with van der Waals surface area (Å²) in [7, 11) is -2.11. The van der Waals surface area contributed by atoms with Crippen LogP contribution in [0.15, 0.2) is 91.0 Å². The van der Waals surface area contributed by atoms with Crippen LogP contribution in [-0.4, -0.2) is 30.5 Å². The first-order valence-corrected chi connectivity index (χ1v) is 19.7. The van der Waals surface area contributed by atoms with Crippen LogP contribution in [-0.2, 0) is 4.74 Å². The lowest BCUT2D eigenvalue weighted by Gasteiger charge is -2.28. The second-order valence-electron chi connectivity index (χ2n) is 15.0. The Morgan fingerprint density at radius 1 is 0.652 bits per heavy atom. The molecule has 0 N–H and O–H groups in total. The van der Waals surface area contributed by atoms with Gasteiger partial charge in [-0.1, -0.05) is 111 Å². The fourth-order valence-corrected chi connectivity index (χ4v) is 10.6. The zero-order chi connectivity index (χ0) is 31.9. The van der Waals surface area contributed by atoms with E-state index in [2.05, 4.69) is 92.5 Å². The molecule has 9 rings (SSSR count). The maximum atomic E-state index is 14.6. The van der Waals surface area contributed by atoms with Gasteiger partial charge in [0.2, 0.25) is 0 Å². The first-order chi connectivity index (χ1) is 22.0. The van der Waals surface area contributed by atoms with Crippen molar-refractivity contribution in [3.8, 4) is 44.5 Å². The number of hydrogen-bond donors (Lipinski definition) is 0. The molecule has 0 fully saturated rings. The Balaban J connectivity index is 1.53. The van der Waals surface area contributed by atoms with Gasteiger partial charge in [-0.05, 0) is 86.8 Å². The number of carbonyl (C=O) groups is 2. The molecule has 0 spiro atoms. The number of ketones is 1. The number of hydrogen-bond acceptors (Lipinski definition) is 3. The first kappa shape index (κ1) is 27.6. The number of rotatable bonds is 2. The van der Waals surface area contributed by atoms with Gasteiger partial charge in [0.25, 0.3) is 0 Å². The van der Waals surface area contributed by atoms with Crippen molar-refractivity contribution in [1.82, 2.24) is 4.90 Å². The van der Waals surface area contributed by atoms with E-state index in [9.17, 15) is 9.59 Å². The van der Waals surface area contributed by atoms with Crippen LogP contribution in [0.25, 0.3) is 55.3 Å². The number of benzene rings is 5. The van der Waals surface area contributed by atoms with Crippen molar-refractivity contribution in [3.63, 3.8) is 0 Å². The number of nitrogens with zero attached hydrogens (tertiary/aromatic N) is 1. The molecule has 4 aliphatic rings. The number of carbonyl (C=O) groups excluding carboxylic acids is 2. The average molecular weight is 618 g/mol. The van der Waals surface area contributed by atoms with E-state index >= 15 is 0 Å². The van der Waals surface area contributed by atoms with Gasteiger partial charge in [-0.15, -0.1) is 0 Å². The standard InChI is InChI=1S/C41H35NO3Si/c1-41(2,3)45-40(44)42-27-20-21-28(42)34-30-23-16-10-11-17-24(23)32-36(30)35(29(33(27)34)22-14-8-7-9-15-22)31-25-18-12-13-19-26(25)38(43)37(31)39(32)46(4,5)6/h7-21,27-28H,1-6H3/t27-,28-/m0/s1. The molecule has 2 atom stereocenters. The van der Waals surface area contributed by atoms with Crippen LogP contribution in [0.2, 0.25) is 19.6 Å². The van der Waals surface area contributed by atoms with Gasteiger partial charge in [0.15, 0.2) is 5.78 Å². The summed E-state index contributed by atoms with van der Waals surface area (Å²) in [6.07, 6.45) is 4.04. The molecule has 4 nitrogen and oxygen atoms in total. The largest absolute Gasteiger partial charge is 0.444 e. The fraction of sp³-hybridized carbons (Fsp3) is 0.220. The first-order valence-electron chi connectivity index (χ1n) is 16.2. The topological polar surface area (TPSA) is 46.6 Å². The van der Waals surface area contributed by atoms with Crippen molar-refractivity contribution in [1.29, 1.82) is 0 Å². The minimum atomic E-state index is -2.11. The van der Waals surface area contributed by atoms with Gasteiger partial charge < -0.3 is 4.74 Å². The molecule has 5 aromatic rings. The highest BCUT2D eigenvalue weighted by Crippen LogP contribution is 2.64. The molecule has 2 heterocycles. The molecular weight excluding hydrogens is 583 g/mol. The van der Waals surface area contributed by atoms with E-state index < -0.39 is 13.7 Å². The molecule has 46 heavy (non-hydrogen) atoms. The van der Waals surface area contributed by atoms with Crippen molar-refractivity contribution in [2.45, 2.75) is 58.1 Å². The molecule has 0 saturated heterocycles. The minimum absolute atomic E-state index is 0.128. The molecular formula is C41H35NO3Si. The van der Waals surface area contributed by atoms with E-state index in [1.807, 2.05) is 43.9 Å². The highest BCUT2D eigenvalue weighted by molar-refractivity contribution is 6.91. The van der Waals surface area contributed by atoms with E-state index in [-0.39, 0.29) is 24.0 Å². The van der Waals surface area contributed by atoms with E-state index in [4.69, 9.17) is 4.74 Å². The lowest BCUT2D eigenvalue weighted by atomic mass is 9.79. The third kappa shape index (κ3) is 3.44. The quantitative estimate of drug-likeness (QED) is 0.143. The van der Waals surface area contributed by atoms with Gasteiger partial charge in [-0.3, -0.25) is 9.69 Å². The van der Waals surface area contributed by atoms with Crippen molar-refractivity contribution in [2.75, 3.05) is 0 Å². The Bertz CT molecular complexity index is 2250. The summed E-state index contributed by atoms with van der Waals surface area (Å²) in [4.78, 5) is 30.5. The highest BCUT2D eigenvalue weighted by Gasteiger charge is 2.51. The van der Waals surface area contributed by atoms with E-state index in [0.717, 1.165) is 44.3 Å². The Hall–Kier alpha value is -4.74. The predicted octanol–water partition coefficient (Wildman–Crippen LogP) is 9.81. The van der Waals surface area contributed by atoms with Crippen LogP contribution in [0.1, 0.15) is 59.9 Å². The Labute approximate surface area is 270 Å². The molecule has 0 radical (unpaired) electrons. The summed E-state index contributed by atoms with van der Waals surface area (Å²) in [5.41, 5.74) is 12.5. The zero-order valence-corrected chi connectivity index (χ0v) is 28.0. The minimum Gasteiger partial charge on any atom is -0.444 e. The summed E-state index contributed by atoms with van der Waals surface area (Å²) >= 11 is 0. The Morgan fingerprint density at radius 2 is 1.15 bits per heavy atom. The summed E-state index contributed by atoms with van der Waals surface area (Å²) in [6, 6.07) is 26.9. The van der Waals surface area contributed by atoms with Crippen LogP contribution in [0.3, 0.4) is 0 Å². The van der Waals surface area contributed by atoms with Crippen LogP contribution in [0.5, 0.6) is 0 Å². The summed E-state index contributed by atoms with van der Waals surface area (Å²) in [5, 5.41) is 3.60. The zero-order valence-electron chi connectivity index (χ0n) is 27.0. The molecule has 0 saturated carbocycles. The van der Waals surface area contributed by atoms with Crippen molar-refractivity contribution >= 4 is 35.9 Å². The maximum Gasteiger partial charge on any atom is 0.411 e. The van der Waals surface area contributed by atoms with E-state index in [1.165, 1.54) is 38.4 Å². The van der Waals surface area contributed by atoms with Crippen molar-refractivity contribution < 1.29 is 14.3 Å². The number of fused-ring (bicyclic) bond motifs is 13. The van der Waals surface area contributed by atoms with Crippen molar-refractivity contribution in [3.05, 3.63) is 113 Å². The van der Waals surface area contributed by atoms with Crippen LogP contribution in [0.4, 0.5) is 4.79 Å². The summed E-state index contributed by atoms with van der Waals surface area (Å²) in [5.74, 6) is 0.128. The van der Waals surface area contributed by atoms with E-state index in [0.29, 0.717) is 0 Å². The normalized spacial score (nSPS) is 18.2. The molecule has 226 valence electrons. The molecule has 2 aliphatic heterocycles. The predicted molar refractivity (Wildman–Crippen MR) is 188 cm³/mol. The van der Waals surface area contributed by atoms with Gasteiger partial charge in [-0.25, -0.2) is 4.79 Å². The van der Waals surface area contributed by atoms with Gasteiger partial charge in [0, 0.05) is 16.7 Å². The Kier molecular flexibility index (Phi) is 5.36. The second kappa shape index (κ2) is 8.95. The maximum absolute atomic E-state index is 14.6. The second-order valence-corrected chi connectivity index (χ2v) is 20.0. The molecule has 0 unspecified atom stereocenters. The smallest absolute Gasteiger partial charge is 0.411 e. The number of amides is 1. The average Bonchev–Trinajstić information content (AvgIpc) is 3.75. The van der Waals surface area contributed by atoms with Crippen LogP contribution in [0, 0.1) is 0 Å². The van der Waals surface area contributed by atoms with Crippen LogP contribution < -0.4 is 5.19 Å². The lowest BCUT2D eigenvalue weighted by Crippen LogP contribution is -2.42. The molecule has 0 aromatic heterocycles. The Morgan fingerprint density at radius 3 is 1.74 bits per heavy atom. The third-order valence-corrected chi connectivity index (χ3v) is 12.0. The number of ether oxygens (including phenoxy) is 1. The van der Waals surface area contributed by atoms with Gasteiger partial charge in [-0.2, -0.15) is 0 Å². The molecule has 2 aliphatic carbocycles. The molecule has 2 bridgehead atoms. The SMILES string of the molecule is CC(C)(C)OC(=O)N1[C@H]2C=C[C@H]1c1c2c(-c2ccccc2)c2c3c(c([Si](C)(C)C)c4c2c1-c1ccccc1-4)C(=O)c1ccccc1-3. The van der Waals surface area contributed by atoms with Gasteiger partial charge in [0.1, 0.15) is 5.60 Å². The molecule has 5 heteroatoms. The summed E-state index contributed by atoms with van der Waals surface area (Å²) in [6.45, 7) is 12.9. The van der Waals surface area contributed by atoms with Gasteiger partial charge >= 0.3 is 6.09 Å². The third-order valence-electron chi connectivity index (χ3n) is 10.0. The fourth-order valence-electron chi connectivity index (χ4n) is 8.64. The highest BCUT2D eigenvalue weighted by atomic mass is 28.3. The molecule has 5 aromatic carbocycles. The van der Waals surface area contributed by atoms with Gasteiger partial charge in [0.05, 0.1) is 20.2 Å². The monoisotopic (exact) mass is 617 g/mol. The van der Waals surface area contributed by atoms with Crippen molar-refractivity contribution in [2.24, 2.45) is 0 Å². The van der Waals surface area contributed by atoms with Crippen LogP contribution >= 0.6 is 0 Å². The lowest BCUT2D eigenvalue weighted by molar-refractivity contribution is 0.0196. The summed E-state index contributed by atoms with van der Waals surface area (Å²) < 4.78 is 6.04. The van der Waals surface area contributed by atoms with E-state index in [1.54, 1.807) is 0 Å². The molecule has 1 amide bonds.